The molecule has 0 unspecified atom stereocenters. The molecule has 4 rings (SSSR count). The number of benzene rings is 2. The van der Waals surface area contributed by atoms with Crippen LogP contribution in [0.2, 0.25) is 5.02 Å². The van der Waals surface area contributed by atoms with E-state index >= 15 is 0 Å². The maximum absolute atomic E-state index is 12.8. The molecule has 31 heavy (non-hydrogen) atoms. The molecule has 2 heterocycles. The Labute approximate surface area is 187 Å². The van der Waals surface area contributed by atoms with Crippen LogP contribution >= 0.6 is 11.6 Å². The van der Waals surface area contributed by atoms with Gasteiger partial charge in [0.2, 0.25) is 0 Å². The van der Waals surface area contributed by atoms with Crippen LogP contribution in [-0.2, 0) is 0 Å². The van der Waals surface area contributed by atoms with Crippen LogP contribution in [-0.4, -0.2) is 41.9 Å². The van der Waals surface area contributed by atoms with Crippen LogP contribution in [0.1, 0.15) is 24.0 Å². The van der Waals surface area contributed by atoms with Crippen LogP contribution in [0.15, 0.2) is 59.5 Å². The normalized spacial score (nSPS) is 14.0. The first-order chi connectivity index (χ1) is 15.0. The molecule has 3 aromatic rings. The molecule has 0 radical (unpaired) electrons. The molecule has 0 spiro atoms. The lowest BCUT2D eigenvalue weighted by Gasteiger charge is -2.17. The van der Waals surface area contributed by atoms with Crippen LogP contribution in [0.4, 0.5) is 5.69 Å². The summed E-state index contributed by atoms with van der Waals surface area (Å²) in [6.45, 7) is 6.17. The number of aryl methyl sites for hydroxylation is 1. The Balaban J connectivity index is 1.54. The molecule has 2 aromatic carbocycles. The number of aromatic nitrogens is 1. The van der Waals surface area contributed by atoms with E-state index in [0.29, 0.717) is 5.02 Å². The summed E-state index contributed by atoms with van der Waals surface area (Å²) in [5.74, 6) is 0. The fraction of sp³-hybridized carbons (Fsp3) is 0.280. The summed E-state index contributed by atoms with van der Waals surface area (Å²) in [6, 6.07) is 15.0. The van der Waals surface area contributed by atoms with Crippen molar-refractivity contribution in [3.63, 3.8) is 0 Å². The molecule has 6 heteroatoms. The van der Waals surface area contributed by atoms with E-state index in [0.717, 1.165) is 46.7 Å². The minimum atomic E-state index is -0.139. The first kappa shape index (κ1) is 21.3. The average molecular weight is 435 g/mol. The van der Waals surface area contributed by atoms with Crippen molar-refractivity contribution in [3.05, 3.63) is 81.2 Å². The first-order valence-electron chi connectivity index (χ1n) is 10.7. The molecule has 1 aromatic heterocycles. The van der Waals surface area contributed by atoms with Crippen molar-refractivity contribution in [2.24, 2.45) is 0 Å². The number of pyridine rings is 1. The van der Waals surface area contributed by atoms with Gasteiger partial charge in [0.25, 0.3) is 5.56 Å². The van der Waals surface area contributed by atoms with Gasteiger partial charge in [-0.2, -0.15) is 0 Å². The van der Waals surface area contributed by atoms with Gasteiger partial charge in [-0.3, -0.25) is 9.36 Å². The highest BCUT2D eigenvalue weighted by atomic mass is 35.5. The first-order valence-corrected chi connectivity index (χ1v) is 11.0. The number of hydrogen-bond acceptors (Lipinski definition) is 4. The molecule has 0 aliphatic carbocycles. The Hall–Kier alpha value is -2.89. The topological polar surface area (TPSA) is 61.1 Å². The number of nitrogens with zero attached hydrogens (tertiary/aromatic N) is 2. The van der Waals surface area contributed by atoms with Gasteiger partial charge in [0.1, 0.15) is 0 Å². The molecule has 2 N–H and O–H groups in total. The summed E-state index contributed by atoms with van der Waals surface area (Å²) >= 11 is 6.37. The zero-order chi connectivity index (χ0) is 21.8. The smallest absolute Gasteiger partial charge is 0.255 e. The number of hydrogen-bond donors (Lipinski definition) is 2. The number of halogens is 1. The van der Waals surface area contributed by atoms with Crippen molar-refractivity contribution < 1.29 is 0 Å². The Kier molecular flexibility index (Phi) is 6.54. The fourth-order valence-corrected chi connectivity index (χ4v) is 4.39. The van der Waals surface area contributed by atoms with Crippen LogP contribution in [0.3, 0.4) is 0 Å². The third kappa shape index (κ3) is 4.89. The molecule has 1 aliphatic heterocycles. The van der Waals surface area contributed by atoms with Crippen molar-refractivity contribution in [2.75, 3.05) is 31.5 Å². The van der Waals surface area contributed by atoms with Crippen molar-refractivity contribution in [3.8, 4) is 16.8 Å². The second kappa shape index (κ2) is 9.50. The van der Waals surface area contributed by atoms with Gasteiger partial charge in [-0.1, -0.05) is 23.7 Å². The third-order valence-electron chi connectivity index (χ3n) is 5.77. The van der Waals surface area contributed by atoms with E-state index < -0.39 is 0 Å². The average Bonchev–Trinajstić information content (AvgIpc) is 3.27. The molecule has 0 saturated carbocycles. The minimum absolute atomic E-state index is 0.139. The highest BCUT2D eigenvalue weighted by Gasteiger charge is 2.12. The quantitative estimate of drug-likeness (QED) is 0.516. The van der Waals surface area contributed by atoms with Gasteiger partial charge in [0, 0.05) is 59.1 Å². The Morgan fingerprint density at radius 3 is 2.61 bits per heavy atom. The van der Waals surface area contributed by atoms with Gasteiger partial charge < -0.3 is 15.6 Å². The molecular weight excluding hydrogens is 408 g/mol. The number of nitrogens with one attached hydrogen (secondary N) is 2. The molecule has 0 atom stereocenters. The molecule has 1 aliphatic rings. The molecule has 1 fully saturated rings. The lowest BCUT2D eigenvalue weighted by atomic mass is 10.1. The monoisotopic (exact) mass is 434 g/mol. The lowest BCUT2D eigenvalue weighted by Crippen LogP contribution is -2.26. The molecule has 5 nitrogen and oxygen atoms in total. The van der Waals surface area contributed by atoms with Crippen LogP contribution in [0, 0.1) is 12.3 Å². The molecular formula is C25H27ClN4O. The van der Waals surface area contributed by atoms with Gasteiger partial charge in [0.15, 0.2) is 0 Å². The Bertz CT molecular complexity index is 1150. The largest absolute Gasteiger partial charge is 0.383 e. The Morgan fingerprint density at radius 2 is 1.90 bits per heavy atom. The second-order valence-corrected chi connectivity index (χ2v) is 8.41. The number of likely N-dealkylation sites (tertiary alicyclic amines) is 1. The van der Waals surface area contributed by atoms with Gasteiger partial charge in [-0.15, -0.1) is 0 Å². The maximum Gasteiger partial charge on any atom is 0.255 e. The molecule has 1 saturated heterocycles. The van der Waals surface area contributed by atoms with E-state index in [1.54, 1.807) is 16.8 Å². The maximum atomic E-state index is 12.8. The summed E-state index contributed by atoms with van der Waals surface area (Å²) in [4.78, 5) is 15.3. The summed E-state index contributed by atoms with van der Waals surface area (Å²) in [7, 11) is 0. The van der Waals surface area contributed by atoms with Crippen molar-refractivity contribution >= 4 is 23.5 Å². The zero-order valence-electron chi connectivity index (χ0n) is 17.7. The number of rotatable bonds is 7. The lowest BCUT2D eigenvalue weighted by molar-refractivity contribution is 0.352. The van der Waals surface area contributed by atoms with Crippen molar-refractivity contribution in [1.29, 1.82) is 5.41 Å². The van der Waals surface area contributed by atoms with Crippen molar-refractivity contribution in [2.45, 2.75) is 19.8 Å². The molecule has 160 valence electrons. The standard InChI is InChI=1S/C25H27ClN4O/c1-18-4-6-22(23(26)14-18)19-8-12-30(25(31)16-19)21-5-7-24(20(15-21)17-27)28-9-13-29-10-2-3-11-29/h4-8,12,14-17,27-28H,2-3,9-11,13H2,1H3. The van der Waals surface area contributed by atoms with E-state index in [1.165, 1.54) is 32.1 Å². The SMILES string of the molecule is Cc1ccc(-c2ccn(-c3ccc(NCCN4CCCC4)c(C=N)c3)c(=O)c2)c(Cl)c1. The van der Waals surface area contributed by atoms with E-state index in [1.807, 2.05) is 49.4 Å². The zero-order valence-corrected chi connectivity index (χ0v) is 18.5. The summed E-state index contributed by atoms with van der Waals surface area (Å²) in [6.07, 6.45) is 5.65. The van der Waals surface area contributed by atoms with Crippen LogP contribution in [0.5, 0.6) is 0 Å². The van der Waals surface area contributed by atoms with Gasteiger partial charge >= 0.3 is 0 Å². The highest BCUT2D eigenvalue weighted by Crippen LogP contribution is 2.28. The van der Waals surface area contributed by atoms with E-state index in [-0.39, 0.29) is 5.56 Å². The van der Waals surface area contributed by atoms with Gasteiger partial charge in [-0.05, 0) is 74.3 Å². The summed E-state index contributed by atoms with van der Waals surface area (Å²) in [5, 5.41) is 11.9. The Morgan fingerprint density at radius 1 is 1.10 bits per heavy atom. The van der Waals surface area contributed by atoms with Gasteiger partial charge in [-0.25, -0.2) is 0 Å². The molecule has 0 amide bonds. The third-order valence-corrected chi connectivity index (χ3v) is 6.08. The van der Waals surface area contributed by atoms with E-state index in [2.05, 4.69) is 10.2 Å². The van der Waals surface area contributed by atoms with E-state index in [9.17, 15) is 4.79 Å². The van der Waals surface area contributed by atoms with Crippen molar-refractivity contribution in [1.82, 2.24) is 9.47 Å². The molecule has 0 bridgehead atoms. The predicted molar refractivity (Wildman–Crippen MR) is 129 cm³/mol. The van der Waals surface area contributed by atoms with Crippen LogP contribution in [0.25, 0.3) is 16.8 Å². The fourth-order valence-electron chi connectivity index (χ4n) is 4.05. The number of anilines is 1. The summed E-state index contributed by atoms with van der Waals surface area (Å²) < 4.78 is 1.59. The second-order valence-electron chi connectivity index (χ2n) is 8.00. The predicted octanol–water partition coefficient (Wildman–Crippen LogP) is 4.97. The van der Waals surface area contributed by atoms with E-state index in [4.69, 9.17) is 17.0 Å². The van der Waals surface area contributed by atoms with Gasteiger partial charge in [0.05, 0.1) is 0 Å². The minimum Gasteiger partial charge on any atom is -0.383 e. The van der Waals surface area contributed by atoms with Crippen LogP contribution < -0.4 is 10.9 Å². The highest BCUT2D eigenvalue weighted by molar-refractivity contribution is 6.33. The summed E-state index contributed by atoms with van der Waals surface area (Å²) in [5.41, 5.74) is 4.98.